The predicted octanol–water partition coefficient (Wildman–Crippen LogP) is 2.48. The second-order valence-electron chi connectivity index (χ2n) is 6.12. The topological polar surface area (TPSA) is 136 Å². The first-order valence-electron chi connectivity index (χ1n) is 8.32. The number of anilines is 1. The van der Waals surface area contributed by atoms with E-state index in [4.69, 9.17) is 4.74 Å². The van der Waals surface area contributed by atoms with Crippen LogP contribution in [0.1, 0.15) is 19.4 Å². The number of carbonyl (C=O) groups is 1. The van der Waals surface area contributed by atoms with Crippen molar-refractivity contribution in [3.63, 3.8) is 0 Å². The number of carbonyl (C=O) groups excluding carboxylic acids is 1. The third-order valence-corrected chi connectivity index (χ3v) is 3.79. The summed E-state index contributed by atoms with van der Waals surface area (Å²) in [4.78, 5) is 37.5. The van der Waals surface area contributed by atoms with Crippen LogP contribution < -0.4 is 10.1 Å². The van der Waals surface area contributed by atoms with Gasteiger partial charge in [-0.25, -0.2) is 4.98 Å². The van der Waals surface area contributed by atoms with Crippen molar-refractivity contribution in [1.82, 2.24) is 19.9 Å². The quantitative estimate of drug-likeness (QED) is 0.481. The molecule has 0 aliphatic carbocycles. The number of aromatic amines is 1. The Morgan fingerprint density at radius 3 is 2.70 bits per heavy atom. The molecule has 0 spiro atoms. The van der Waals surface area contributed by atoms with Crippen molar-refractivity contribution in [3.05, 3.63) is 46.3 Å². The molecule has 0 radical (unpaired) electrons. The van der Waals surface area contributed by atoms with E-state index in [1.807, 2.05) is 0 Å². The van der Waals surface area contributed by atoms with Crippen LogP contribution in [0.3, 0.4) is 0 Å². The van der Waals surface area contributed by atoms with Crippen LogP contribution in [0.2, 0.25) is 0 Å². The van der Waals surface area contributed by atoms with Gasteiger partial charge in [-0.15, -0.1) is 0 Å². The number of nitro benzene ring substituents is 1. The van der Waals surface area contributed by atoms with E-state index in [1.54, 1.807) is 26.0 Å². The number of benzene rings is 1. The van der Waals surface area contributed by atoms with Crippen LogP contribution >= 0.6 is 0 Å². The Labute approximate surface area is 154 Å². The Hall–Kier alpha value is -3.56. The molecular formula is C17H18N6O4. The van der Waals surface area contributed by atoms with E-state index < -0.39 is 4.92 Å². The van der Waals surface area contributed by atoms with Gasteiger partial charge in [0.15, 0.2) is 5.65 Å². The molecule has 0 saturated heterocycles. The van der Waals surface area contributed by atoms with Gasteiger partial charge in [0.1, 0.15) is 5.52 Å². The van der Waals surface area contributed by atoms with Crippen LogP contribution in [-0.2, 0) is 11.2 Å². The van der Waals surface area contributed by atoms with Gasteiger partial charge >= 0.3 is 0 Å². The van der Waals surface area contributed by atoms with Crippen LogP contribution in [-0.4, -0.2) is 37.4 Å². The highest BCUT2D eigenvalue weighted by Crippen LogP contribution is 2.21. The van der Waals surface area contributed by atoms with Gasteiger partial charge in [-0.2, -0.15) is 9.97 Å². The average Bonchev–Trinajstić information content (AvgIpc) is 3.10. The van der Waals surface area contributed by atoms with Crippen LogP contribution in [0, 0.1) is 16.0 Å². The molecular weight excluding hydrogens is 352 g/mol. The lowest BCUT2D eigenvalue weighted by Gasteiger charge is -2.09. The molecule has 10 heteroatoms. The third-order valence-electron chi connectivity index (χ3n) is 3.79. The largest absolute Gasteiger partial charge is 0.476 e. The number of nitro groups is 1. The molecule has 2 heterocycles. The van der Waals surface area contributed by atoms with E-state index in [9.17, 15) is 14.9 Å². The SMILES string of the molecule is CC(C)C(=O)Nc1nc(OCCc2ccc([N+](=O)[O-])cc2)c2[nH]cnc2n1. The second-order valence-corrected chi connectivity index (χ2v) is 6.12. The first-order chi connectivity index (χ1) is 12.9. The molecule has 0 fully saturated rings. The van der Waals surface area contributed by atoms with Gasteiger partial charge in [-0.3, -0.25) is 20.2 Å². The van der Waals surface area contributed by atoms with Crippen LogP contribution in [0.4, 0.5) is 11.6 Å². The maximum absolute atomic E-state index is 11.9. The van der Waals surface area contributed by atoms with Gasteiger partial charge in [-0.1, -0.05) is 26.0 Å². The molecule has 0 atom stereocenters. The summed E-state index contributed by atoms with van der Waals surface area (Å²) in [7, 11) is 0. The maximum atomic E-state index is 11.9. The fraction of sp³-hybridized carbons (Fsp3) is 0.294. The summed E-state index contributed by atoms with van der Waals surface area (Å²) in [6, 6.07) is 6.27. The Kier molecular flexibility index (Phi) is 5.25. The monoisotopic (exact) mass is 370 g/mol. The van der Waals surface area contributed by atoms with E-state index in [-0.39, 0.29) is 29.3 Å². The molecule has 0 saturated carbocycles. The van der Waals surface area contributed by atoms with E-state index in [0.29, 0.717) is 24.2 Å². The number of hydrogen-bond donors (Lipinski definition) is 2. The average molecular weight is 370 g/mol. The minimum absolute atomic E-state index is 0.0418. The number of imidazole rings is 1. The van der Waals surface area contributed by atoms with Gasteiger partial charge in [-0.05, 0) is 5.56 Å². The molecule has 1 aromatic carbocycles. The normalized spacial score (nSPS) is 10.9. The number of hydrogen-bond acceptors (Lipinski definition) is 7. The van der Waals surface area contributed by atoms with Crippen LogP contribution in [0.15, 0.2) is 30.6 Å². The van der Waals surface area contributed by atoms with Crippen LogP contribution in [0.25, 0.3) is 11.2 Å². The number of rotatable bonds is 7. The number of H-pyrrole nitrogens is 1. The van der Waals surface area contributed by atoms with Gasteiger partial charge in [0.2, 0.25) is 17.7 Å². The minimum Gasteiger partial charge on any atom is -0.476 e. The van der Waals surface area contributed by atoms with Crippen molar-refractivity contribution in [1.29, 1.82) is 0 Å². The summed E-state index contributed by atoms with van der Waals surface area (Å²) in [6.45, 7) is 3.83. The Balaban J connectivity index is 1.71. The number of nitrogens with zero attached hydrogens (tertiary/aromatic N) is 4. The Bertz CT molecular complexity index is 967. The van der Waals surface area contributed by atoms with E-state index in [0.717, 1.165) is 5.56 Å². The molecule has 2 N–H and O–H groups in total. The summed E-state index contributed by atoms with van der Waals surface area (Å²) in [5.41, 5.74) is 1.85. The summed E-state index contributed by atoms with van der Waals surface area (Å²) >= 11 is 0. The van der Waals surface area contributed by atoms with Gasteiger partial charge in [0, 0.05) is 24.5 Å². The highest BCUT2D eigenvalue weighted by Gasteiger charge is 2.15. The number of fused-ring (bicyclic) bond motifs is 1. The molecule has 0 aliphatic rings. The van der Waals surface area contributed by atoms with Crippen molar-refractivity contribution < 1.29 is 14.5 Å². The number of aromatic nitrogens is 4. The van der Waals surface area contributed by atoms with Gasteiger partial charge < -0.3 is 9.72 Å². The standard InChI is InChI=1S/C17H18N6O4/c1-10(2)15(24)21-17-20-14-13(18-9-19-14)16(22-17)27-8-7-11-3-5-12(6-4-11)23(25)26/h3-6,9-10H,7-8H2,1-2H3,(H2,18,19,20,21,22,24). The van der Waals surface area contributed by atoms with E-state index >= 15 is 0 Å². The van der Waals surface area contributed by atoms with Crippen molar-refractivity contribution in [3.8, 4) is 5.88 Å². The molecule has 3 rings (SSSR count). The van der Waals surface area contributed by atoms with E-state index in [2.05, 4.69) is 25.3 Å². The van der Waals surface area contributed by atoms with Gasteiger partial charge in [0.25, 0.3) is 5.69 Å². The summed E-state index contributed by atoms with van der Waals surface area (Å²) < 4.78 is 5.73. The lowest BCUT2D eigenvalue weighted by molar-refractivity contribution is -0.384. The fourth-order valence-electron chi connectivity index (χ4n) is 2.27. The highest BCUT2D eigenvalue weighted by molar-refractivity contribution is 5.91. The lowest BCUT2D eigenvalue weighted by atomic mass is 10.1. The first-order valence-corrected chi connectivity index (χ1v) is 8.32. The zero-order chi connectivity index (χ0) is 19.4. The first kappa shape index (κ1) is 18.2. The zero-order valence-electron chi connectivity index (χ0n) is 14.8. The molecule has 0 bridgehead atoms. The summed E-state index contributed by atoms with van der Waals surface area (Å²) in [6.07, 6.45) is 2.00. The summed E-state index contributed by atoms with van der Waals surface area (Å²) in [5.74, 6) is -0.0196. The Morgan fingerprint density at radius 2 is 2.04 bits per heavy atom. The van der Waals surface area contributed by atoms with E-state index in [1.165, 1.54) is 18.5 Å². The maximum Gasteiger partial charge on any atom is 0.269 e. The highest BCUT2D eigenvalue weighted by atomic mass is 16.6. The number of nitrogens with one attached hydrogen (secondary N) is 2. The van der Waals surface area contributed by atoms with Crippen LogP contribution in [0.5, 0.6) is 5.88 Å². The second kappa shape index (κ2) is 7.77. The van der Waals surface area contributed by atoms with Crippen molar-refractivity contribution in [2.45, 2.75) is 20.3 Å². The summed E-state index contributed by atoms with van der Waals surface area (Å²) in [5, 5.41) is 13.3. The number of ether oxygens (including phenoxy) is 1. The molecule has 3 aromatic rings. The third kappa shape index (κ3) is 4.35. The minimum atomic E-state index is -0.441. The number of amides is 1. The molecule has 140 valence electrons. The lowest BCUT2D eigenvalue weighted by Crippen LogP contribution is -2.19. The van der Waals surface area contributed by atoms with Crippen molar-refractivity contribution in [2.24, 2.45) is 5.92 Å². The smallest absolute Gasteiger partial charge is 0.269 e. The van der Waals surface area contributed by atoms with Crippen molar-refractivity contribution >= 4 is 28.7 Å². The Morgan fingerprint density at radius 1 is 1.30 bits per heavy atom. The molecule has 0 unspecified atom stereocenters. The molecule has 0 aliphatic heterocycles. The molecule has 27 heavy (non-hydrogen) atoms. The zero-order valence-corrected chi connectivity index (χ0v) is 14.8. The molecule has 10 nitrogen and oxygen atoms in total. The molecule has 1 amide bonds. The number of non-ortho nitro benzene ring substituents is 1. The van der Waals surface area contributed by atoms with Gasteiger partial charge in [0.05, 0.1) is 17.9 Å². The predicted molar refractivity (Wildman–Crippen MR) is 97.4 cm³/mol. The fourth-order valence-corrected chi connectivity index (χ4v) is 2.27. The molecule has 2 aromatic heterocycles. The van der Waals surface area contributed by atoms with Crippen molar-refractivity contribution in [2.75, 3.05) is 11.9 Å².